The van der Waals surface area contributed by atoms with Crippen LogP contribution in [0.15, 0.2) is 4.79 Å². The molecule has 0 radical (unpaired) electrons. The maximum absolute atomic E-state index is 12.4. The molecule has 2 rings (SSSR count). The molecule has 0 saturated heterocycles. The Labute approximate surface area is 153 Å². The maximum atomic E-state index is 12.4. The van der Waals surface area contributed by atoms with Crippen LogP contribution in [0.1, 0.15) is 47.1 Å². The van der Waals surface area contributed by atoms with E-state index in [0.29, 0.717) is 33.1 Å². The number of carbonyl (C=O) groups excluding carboxylic acids is 2. The number of ether oxygens (including phenoxy) is 2. The van der Waals surface area contributed by atoms with Gasteiger partial charge in [-0.05, 0) is 33.3 Å². The zero-order chi connectivity index (χ0) is 18.6. The van der Waals surface area contributed by atoms with Crippen LogP contribution < -0.4 is 5.56 Å². The van der Waals surface area contributed by atoms with E-state index in [4.69, 9.17) is 9.47 Å². The van der Waals surface area contributed by atoms with Crippen LogP contribution in [0.5, 0.6) is 0 Å². The third-order valence-corrected chi connectivity index (χ3v) is 5.71. The molecule has 2 aromatic heterocycles. The number of thioether (sulfide) groups is 1. The van der Waals surface area contributed by atoms with Gasteiger partial charge in [0.2, 0.25) is 0 Å². The van der Waals surface area contributed by atoms with E-state index in [1.165, 1.54) is 11.8 Å². The minimum Gasteiger partial charge on any atom is -0.465 e. The molecule has 1 unspecified atom stereocenters. The Morgan fingerprint density at radius 2 is 1.96 bits per heavy atom. The average molecular weight is 384 g/mol. The molecule has 2 heterocycles. The second-order valence-electron chi connectivity index (χ2n) is 5.17. The molecule has 9 heteroatoms. The van der Waals surface area contributed by atoms with E-state index in [1.54, 1.807) is 20.8 Å². The molecule has 0 aliphatic heterocycles. The Kier molecular flexibility index (Phi) is 6.60. The van der Waals surface area contributed by atoms with Crippen molar-refractivity contribution in [2.75, 3.05) is 19.0 Å². The number of aromatic nitrogens is 2. The number of nitrogens with one attached hydrogen (secondary N) is 1. The SMILES string of the molecule is CCOC(=O)CSC(C)c1nc2sc(C(=O)OCC)c(C)c2c(=O)[nH]1. The van der Waals surface area contributed by atoms with Gasteiger partial charge in [-0.1, -0.05) is 0 Å². The van der Waals surface area contributed by atoms with Crippen LogP contribution in [-0.4, -0.2) is 40.9 Å². The normalized spacial score (nSPS) is 12.2. The first-order valence-corrected chi connectivity index (χ1v) is 9.73. The third kappa shape index (κ3) is 4.40. The minimum absolute atomic E-state index is 0.175. The fraction of sp³-hybridized carbons (Fsp3) is 0.500. The van der Waals surface area contributed by atoms with E-state index < -0.39 is 5.97 Å². The molecule has 1 atom stereocenters. The van der Waals surface area contributed by atoms with Gasteiger partial charge in [0.05, 0.1) is 29.6 Å². The minimum atomic E-state index is -0.450. The molecule has 25 heavy (non-hydrogen) atoms. The molecule has 136 valence electrons. The van der Waals surface area contributed by atoms with E-state index in [2.05, 4.69) is 9.97 Å². The molecular formula is C16H20N2O5S2. The second-order valence-corrected chi connectivity index (χ2v) is 7.49. The van der Waals surface area contributed by atoms with Crippen molar-refractivity contribution >= 4 is 45.3 Å². The van der Waals surface area contributed by atoms with Gasteiger partial charge < -0.3 is 14.5 Å². The van der Waals surface area contributed by atoms with Gasteiger partial charge in [0, 0.05) is 0 Å². The largest absolute Gasteiger partial charge is 0.465 e. The molecule has 0 aromatic carbocycles. The molecule has 0 fully saturated rings. The first-order chi connectivity index (χ1) is 11.9. The first kappa shape index (κ1) is 19.5. The van der Waals surface area contributed by atoms with Crippen LogP contribution >= 0.6 is 23.1 Å². The highest BCUT2D eigenvalue weighted by molar-refractivity contribution is 8.00. The van der Waals surface area contributed by atoms with Gasteiger partial charge in [-0.15, -0.1) is 23.1 Å². The average Bonchev–Trinajstić information content (AvgIpc) is 2.90. The summed E-state index contributed by atoms with van der Waals surface area (Å²) in [5.74, 6) is -0.120. The lowest BCUT2D eigenvalue weighted by Gasteiger charge is -2.10. The number of fused-ring (bicyclic) bond motifs is 1. The summed E-state index contributed by atoms with van der Waals surface area (Å²) in [4.78, 5) is 44.0. The molecule has 0 bridgehead atoms. The Morgan fingerprint density at radius 3 is 2.60 bits per heavy atom. The number of hydrogen-bond donors (Lipinski definition) is 1. The van der Waals surface area contributed by atoms with Gasteiger partial charge in [0.15, 0.2) is 0 Å². The number of rotatable bonds is 7. The van der Waals surface area contributed by atoms with E-state index >= 15 is 0 Å². The zero-order valence-electron chi connectivity index (χ0n) is 14.5. The van der Waals surface area contributed by atoms with Crippen LogP contribution in [0.3, 0.4) is 0 Å². The predicted octanol–water partition coefficient (Wildman–Crippen LogP) is 2.83. The van der Waals surface area contributed by atoms with Gasteiger partial charge in [0.25, 0.3) is 5.56 Å². The highest BCUT2D eigenvalue weighted by Gasteiger charge is 2.21. The molecular weight excluding hydrogens is 364 g/mol. The summed E-state index contributed by atoms with van der Waals surface area (Å²) < 4.78 is 9.91. The number of hydrogen-bond acceptors (Lipinski definition) is 8. The van der Waals surface area contributed by atoms with E-state index in [1.807, 2.05) is 6.92 Å². The molecule has 7 nitrogen and oxygen atoms in total. The molecule has 0 aliphatic rings. The molecule has 0 spiro atoms. The van der Waals surface area contributed by atoms with Crippen LogP contribution in [0, 0.1) is 6.92 Å². The van der Waals surface area contributed by atoms with E-state index in [0.717, 1.165) is 11.3 Å². The summed E-state index contributed by atoms with van der Waals surface area (Å²) in [5, 5.41) is 0.203. The van der Waals surface area contributed by atoms with Gasteiger partial charge >= 0.3 is 11.9 Å². The summed E-state index contributed by atoms with van der Waals surface area (Å²) in [5.41, 5.74) is 0.276. The first-order valence-electron chi connectivity index (χ1n) is 7.86. The number of carbonyl (C=O) groups is 2. The van der Waals surface area contributed by atoms with Crippen molar-refractivity contribution in [1.82, 2.24) is 9.97 Å². The number of thiophene rings is 1. The van der Waals surface area contributed by atoms with Crippen LogP contribution in [0.4, 0.5) is 0 Å². The van der Waals surface area contributed by atoms with Crippen molar-refractivity contribution in [3.8, 4) is 0 Å². The lowest BCUT2D eigenvalue weighted by Crippen LogP contribution is -2.14. The lowest BCUT2D eigenvalue weighted by atomic mass is 10.2. The monoisotopic (exact) mass is 384 g/mol. The van der Waals surface area contributed by atoms with Gasteiger partial charge in [-0.25, -0.2) is 9.78 Å². The second kappa shape index (κ2) is 8.48. The van der Waals surface area contributed by atoms with E-state index in [-0.39, 0.29) is 29.1 Å². The lowest BCUT2D eigenvalue weighted by molar-refractivity contribution is -0.139. The van der Waals surface area contributed by atoms with Crippen LogP contribution in [0.25, 0.3) is 10.2 Å². The predicted molar refractivity (Wildman–Crippen MR) is 98.4 cm³/mol. The van der Waals surface area contributed by atoms with Gasteiger partial charge in [0.1, 0.15) is 15.5 Å². The standard InChI is InChI=1S/C16H20N2O5S2/c1-5-22-10(19)7-24-9(4)13-17-14(20)11-8(3)12(16(21)23-6-2)25-15(11)18-13/h9H,5-7H2,1-4H3,(H,17,18,20). The van der Waals surface area contributed by atoms with Crippen molar-refractivity contribution in [2.24, 2.45) is 0 Å². The maximum Gasteiger partial charge on any atom is 0.348 e. The van der Waals surface area contributed by atoms with Crippen molar-refractivity contribution in [3.63, 3.8) is 0 Å². The Bertz CT molecular complexity index is 843. The molecule has 0 amide bonds. The fourth-order valence-corrected chi connectivity index (χ4v) is 4.04. The Hall–Kier alpha value is -1.87. The van der Waals surface area contributed by atoms with Crippen molar-refractivity contribution < 1.29 is 19.1 Å². The molecule has 0 aliphatic carbocycles. The molecule has 1 N–H and O–H groups in total. The number of nitrogens with zero attached hydrogens (tertiary/aromatic N) is 1. The number of esters is 2. The van der Waals surface area contributed by atoms with E-state index in [9.17, 15) is 14.4 Å². The Balaban J connectivity index is 2.30. The Morgan fingerprint density at radius 1 is 1.28 bits per heavy atom. The fourth-order valence-electron chi connectivity index (χ4n) is 2.22. The van der Waals surface area contributed by atoms with Crippen LogP contribution in [0.2, 0.25) is 0 Å². The number of aromatic amines is 1. The quantitative estimate of drug-likeness (QED) is 0.733. The third-order valence-electron chi connectivity index (χ3n) is 3.42. The topological polar surface area (TPSA) is 98.3 Å². The zero-order valence-corrected chi connectivity index (χ0v) is 16.1. The van der Waals surface area contributed by atoms with Crippen LogP contribution in [-0.2, 0) is 14.3 Å². The molecule has 0 saturated carbocycles. The van der Waals surface area contributed by atoms with Gasteiger partial charge in [-0.2, -0.15) is 0 Å². The highest BCUT2D eigenvalue weighted by atomic mass is 32.2. The summed E-state index contributed by atoms with van der Waals surface area (Å²) in [6, 6.07) is 0. The highest BCUT2D eigenvalue weighted by Crippen LogP contribution is 2.30. The molecule has 2 aromatic rings. The number of H-pyrrole nitrogens is 1. The summed E-state index contributed by atoms with van der Waals surface area (Å²) in [6.07, 6.45) is 0. The van der Waals surface area contributed by atoms with Crippen molar-refractivity contribution in [3.05, 3.63) is 26.6 Å². The number of aryl methyl sites for hydroxylation is 1. The summed E-state index contributed by atoms with van der Waals surface area (Å²) in [6.45, 7) is 7.63. The summed E-state index contributed by atoms with van der Waals surface area (Å²) in [7, 11) is 0. The van der Waals surface area contributed by atoms with Gasteiger partial charge in [-0.3, -0.25) is 9.59 Å². The summed E-state index contributed by atoms with van der Waals surface area (Å²) >= 11 is 2.47. The van der Waals surface area contributed by atoms with Crippen molar-refractivity contribution in [1.29, 1.82) is 0 Å². The smallest absolute Gasteiger partial charge is 0.348 e. The van der Waals surface area contributed by atoms with Crippen molar-refractivity contribution in [2.45, 2.75) is 32.9 Å².